The molecule has 3 heteroatoms. The highest BCUT2D eigenvalue weighted by Crippen LogP contribution is 2.27. The van der Waals surface area contributed by atoms with E-state index in [9.17, 15) is 5.11 Å². The van der Waals surface area contributed by atoms with Gasteiger partial charge in [0.25, 0.3) is 0 Å². The van der Waals surface area contributed by atoms with Crippen LogP contribution in [-0.4, -0.2) is 5.11 Å². The highest BCUT2D eigenvalue weighted by molar-refractivity contribution is 7.10. The summed E-state index contributed by atoms with van der Waals surface area (Å²) in [4.78, 5) is 0.878. The zero-order valence-electron chi connectivity index (χ0n) is 6.90. The molecule has 0 amide bonds. The van der Waals surface area contributed by atoms with Crippen LogP contribution >= 0.6 is 11.3 Å². The van der Waals surface area contributed by atoms with E-state index >= 15 is 0 Å². The summed E-state index contributed by atoms with van der Waals surface area (Å²) >= 11 is 1.49. The van der Waals surface area contributed by atoms with Crippen molar-refractivity contribution in [3.8, 4) is 6.07 Å². The molecule has 0 radical (unpaired) electrons. The molecule has 1 aromatic heterocycles. The fraction of sp³-hybridized carbons (Fsp3) is 0.444. The first kappa shape index (κ1) is 9.24. The molecule has 1 aromatic rings. The van der Waals surface area contributed by atoms with Gasteiger partial charge in [0, 0.05) is 4.88 Å². The summed E-state index contributed by atoms with van der Waals surface area (Å²) in [6.07, 6.45) is 0.0789. The summed E-state index contributed by atoms with van der Waals surface area (Å²) in [6, 6.07) is 5.84. The number of thiophene rings is 1. The molecule has 0 bridgehead atoms. The van der Waals surface area contributed by atoms with Crippen LogP contribution in [0.3, 0.4) is 0 Å². The molecular formula is C9H11NOS. The molecule has 2 nitrogen and oxygen atoms in total. The molecule has 0 aliphatic rings. The van der Waals surface area contributed by atoms with Crippen molar-refractivity contribution >= 4 is 11.3 Å². The molecule has 1 N–H and O–H groups in total. The first-order valence-electron chi connectivity index (χ1n) is 3.90. The lowest BCUT2D eigenvalue weighted by Crippen LogP contribution is -2.07. The minimum atomic E-state index is -0.611. The number of aliphatic hydroxyl groups excluding tert-OH is 1. The van der Waals surface area contributed by atoms with Crippen molar-refractivity contribution in [2.75, 3.05) is 0 Å². The number of hydrogen-bond acceptors (Lipinski definition) is 3. The van der Waals surface area contributed by atoms with Crippen LogP contribution in [0.5, 0.6) is 0 Å². The second-order valence-electron chi connectivity index (χ2n) is 2.60. The molecular weight excluding hydrogens is 170 g/mol. The lowest BCUT2D eigenvalue weighted by atomic mass is 10.0. The molecule has 0 aromatic carbocycles. The summed E-state index contributed by atoms with van der Waals surface area (Å²) < 4.78 is 0. The summed E-state index contributed by atoms with van der Waals surface area (Å²) in [5.41, 5.74) is 0. The Kier molecular flexibility index (Phi) is 3.27. The second kappa shape index (κ2) is 4.24. The Bertz CT molecular complexity index is 263. The Hall–Kier alpha value is -0.850. The fourth-order valence-corrected chi connectivity index (χ4v) is 1.82. The van der Waals surface area contributed by atoms with Crippen LogP contribution in [0.25, 0.3) is 0 Å². The molecule has 0 spiro atoms. The van der Waals surface area contributed by atoms with Crippen LogP contribution < -0.4 is 0 Å². The Labute approximate surface area is 76.1 Å². The van der Waals surface area contributed by atoms with Crippen molar-refractivity contribution in [1.82, 2.24) is 0 Å². The van der Waals surface area contributed by atoms with E-state index < -0.39 is 6.10 Å². The Morgan fingerprint density at radius 2 is 2.50 bits per heavy atom. The average molecular weight is 181 g/mol. The minimum absolute atomic E-state index is 0.274. The molecule has 2 atom stereocenters. The molecule has 12 heavy (non-hydrogen) atoms. The molecule has 0 saturated heterocycles. The van der Waals surface area contributed by atoms with Gasteiger partial charge in [0.15, 0.2) is 0 Å². The maximum atomic E-state index is 9.66. The average Bonchev–Trinajstić information content (AvgIpc) is 2.58. The summed E-state index contributed by atoms with van der Waals surface area (Å²) in [5.74, 6) is -0.274. The lowest BCUT2D eigenvalue weighted by Gasteiger charge is -2.12. The first-order valence-corrected chi connectivity index (χ1v) is 4.78. The maximum Gasteiger partial charge on any atom is 0.104 e. The Morgan fingerprint density at radius 3 is 2.92 bits per heavy atom. The largest absolute Gasteiger partial charge is 0.386 e. The number of aliphatic hydroxyl groups is 1. The quantitative estimate of drug-likeness (QED) is 0.777. The topological polar surface area (TPSA) is 44.0 Å². The number of nitrogens with zero attached hydrogens (tertiary/aromatic N) is 1. The standard InChI is InChI=1S/C9H11NOS/c1-2-7(6-10)9(11)8-4-3-5-12-8/h3-5,7,9,11H,2H2,1H3/t7-,9+/m1/s1. The normalized spacial score (nSPS) is 15.1. The van der Waals surface area contributed by atoms with Gasteiger partial charge in [-0.05, 0) is 17.9 Å². The van der Waals surface area contributed by atoms with Gasteiger partial charge in [-0.25, -0.2) is 0 Å². The van der Waals surface area contributed by atoms with E-state index in [2.05, 4.69) is 6.07 Å². The molecule has 0 fully saturated rings. The first-order chi connectivity index (χ1) is 5.79. The van der Waals surface area contributed by atoms with Crippen LogP contribution in [0, 0.1) is 17.2 Å². The third kappa shape index (κ3) is 1.84. The van der Waals surface area contributed by atoms with Crippen LogP contribution in [0.15, 0.2) is 17.5 Å². The van der Waals surface area contributed by atoms with Gasteiger partial charge in [-0.15, -0.1) is 11.3 Å². The van der Waals surface area contributed by atoms with E-state index in [0.29, 0.717) is 6.42 Å². The van der Waals surface area contributed by atoms with E-state index in [-0.39, 0.29) is 5.92 Å². The second-order valence-corrected chi connectivity index (χ2v) is 3.58. The van der Waals surface area contributed by atoms with Crippen molar-refractivity contribution < 1.29 is 5.11 Å². The highest BCUT2D eigenvalue weighted by Gasteiger charge is 2.18. The van der Waals surface area contributed by atoms with Crippen LogP contribution in [0.4, 0.5) is 0 Å². The summed E-state index contributed by atoms with van der Waals surface area (Å²) in [7, 11) is 0. The zero-order valence-corrected chi connectivity index (χ0v) is 7.71. The van der Waals surface area contributed by atoms with Crippen molar-refractivity contribution in [2.24, 2.45) is 5.92 Å². The highest BCUT2D eigenvalue weighted by atomic mass is 32.1. The predicted molar refractivity (Wildman–Crippen MR) is 48.7 cm³/mol. The zero-order chi connectivity index (χ0) is 8.97. The SMILES string of the molecule is CC[C@H](C#N)[C@H](O)c1cccs1. The van der Waals surface area contributed by atoms with E-state index in [0.717, 1.165) is 4.88 Å². The molecule has 0 aliphatic carbocycles. The summed E-state index contributed by atoms with van der Waals surface area (Å²) in [6.45, 7) is 1.91. The Morgan fingerprint density at radius 1 is 1.75 bits per heavy atom. The van der Waals surface area contributed by atoms with Gasteiger partial charge in [-0.3, -0.25) is 0 Å². The van der Waals surface area contributed by atoms with Gasteiger partial charge >= 0.3 is 0 Å². The van der Waals surface area contributed by atoms with Crippen LogP contribution in [0.2, 0.25) is 0 Å². The predicted octanol–water partition coefficient (Wildman–Crippen LogP) is 2.33. The molecule has 0 saturated carbocycles. The van der Waals surface area contributed by atoms with Gasteiger partial charge in [0.05, 0.1) is 12.0 Å². The fourth-order valence-electron chi connectivity index (χ4n) is 1.04. The molecule has 1 heterocycles. The lowest BCUT2D eigenvalue weighted by molar-refractivity contribution is 0.136. The minimum Gasteiger partial charge on any atom is -0.386 e. The monoisotopic (exact) mass is 181 g/mol. The van der Waals surface area contributed by atoms with Crippen molar-refractivity contribution in [3.05, 3.63) is 22.4 Å². The van der Waals surface area contributed by atoms with Crippen molar-refractivity contribution in [1.29, 1.82) is 5.26 Å². The van der Waals surface area contributed by atoms with Gasteiger partial charge < -0.3 is 5.11 Å². The van der Waals surface area contributed by atoms with Crippen LogP contribution in [0.1, 0.15) is 24.3 Å². The van der Waals surface area contributed by atoms with Gasteiger partial charge in [-0.2, -0.15) is 5.26 Å². The van der Waals surface area contributed by atoms with E-state index in [1.807, 2.05) is 24.4 Å². The smallest absolute Gasteiger partial charge is 0.104 e. The number of rotatable bonds is 3. The van der Waals surface area contributed by atoms with Crippen LogP contribution in [-0.2, 0) is 0 Å². The molecule has 0 unspecified atom stereocenters. The third-order valence-electron chi connectivity index (χ3n) is 1.82. The van der Waals surface area contributed by atoms with E-state index in [1.165, 1.54) is 11.3 Å². The molecule has 64 valence electrons. The van der Waals surface area contributed by atoms with Crippen molar-refractivity contribution in [2.45, 2.75) is 19.4 Å². The Balaban J connectivity index is 2.71. The number of hydrogen-bond donors (Lipinski definition) is 1. The molecule has 1 rings (SSSR count). The summed E-state index contributed by atoms with van der Waals surface area (Å²) in [5, 5.41) is 20.3. The van der Waals surface area contributed by atoms with Gasteiger partial charge in [0.1, 0.15) is 6.10 Å². The number of nitriles is 1. The van der Waals surface area contributed by atoms with E-state index in [4.69, 9.17) is 5.26 Å². The molecule has 0 aliphatic heterocycles. The maximum absolute atomic E-state index is 9.66. The van der Waals surface area contributed by atoms with Gasteiger partial charge in [-0.1, -0.05) is 13.0 Å². The third-order valence-corrected chi connectivity index (χ3v) is 2.76. The van der Waals surface area contributed by atoms with E-state index in [1.54, 1.807) is 0 Å². The van der Waals surface area contributed by atoms with Crippen molar-refractivity contribution in [3.63, 3.8) is 0 Å². The van der Waals surface area contributed by atoms with Gasteiger partial charge in [0.2, 0.25) is 0 Å².